The van der Waals surface area contributed by atoms with Gasteiger partial charge < -0.3 is 36.6 Å². The first-order valence-corrected chi connectivity index (χ1v) is 10.6. The Hall–Kier alpha value is -2.73. The van der Waals surface area contributed by atoms with Gasteiger partial charge >= 0.3 is 11.9 Å². The number of carbonyl (C=O) groups is 5. The largest absolute Gasteiger partial charge is 0.481 e. The molecule has 182 valence electrons. The van der Waals surface area contributed by atoms with Gasteiger partial charge in [-0.05, 0) is 38.5 Å². The topological polar surface area (TPSA) is 199 Å². The number of hydrogen-bond acceptors (Lipinski definition) is 7. The molecule has 0 aromatic heterocycles. The lowest BCUT2D eigenvalue weighted by Gasteiger charge is -2.29. The Labute approximate surface area is 186 Å². The van der Waals surface area contributed by atoms with E-state index in [4.69, 9.17) is 10.8 Å². The van der Waals surface area contributed by atoms with Crippen LogP contribution >= 0.6 is 0 Å². The lowest BCUT2D eigenvalue weighted by molar-refractivity contribution is -0.150. The Balaban J connectivity index is 3.03. The summed E-state index contributed by atoms with van der Waals surface area (Å²) in [6.45, 7) is 5.15. The number of amides is 3. The van der Waals surface area contributed by atoms with Crippen LogP contribution in [0.5, 0.6) is 0 Å². The molecule has 3 amide bonds. The van der Waals surface area contributed by atoms with E-state index >= 15 is 0 Å². The molecule has 5 unspecified atom stereocenters. The maximum absolute atomic E-state index is 13.0. The van der Waals surface area contributed by atoms with E-state index in [0.717, 1.165) is 4.90 Å². The normalized spacial score (nSPS) is 19.7. The Morgan fingerprint density at radius 1 is 1.03 bits per heavy atom. The zero-order valence-corrected chi connectivity index (χ0v) is 18.6. The van der Waals surface area contributed by atoms with E-state index in [0.29, 0.717) is 6.42 Å². The molecule has 12 nitrogen and oxygen atoms in total. The van der Waals surface area contributed by atoms with Crippen molar-refractivity contribution in [1.82, 2.24) is 15.5 Å². The van der Waals surface area contributed by atoms with Crippen LogP contribution in [0.4, 0.5) is 0 Å². The number of nitrogens with one attached hydrogen (secondary N) is 2. The van der Waals surface area contributed by atoms with Gasteiger partial charge in [0.1, 0.15) is 24.2 Å². The van der Waals surface area contributed by atoms with Crippen molar-refractivity contribution in [3.05, 3.63) is 0 Å². The minimum atomic E-state index is -1.27. The zero-order chi connectivity index (χ0) is 24.6. The molecule has 1 aliphatic heterocycles. The lowest BCUT2D eigenvalue weighted by atomic mass is 10.0. The fourth-order valence-electron chi connectivity index (χ4n) is 3.47. The van der Waals surface area contributed by atoms with Crippen LogP contribution in [0.15, 0.2) is 0 Å². The van der Waals surface area contributed by atoms with E-state index in [2.05, 4.69) is 10.6 Å². The molecular formula is C20H34N4O8. The van der Waals surface area contributed by atoms with Crippen molar-refractivity contribution in [2.75, 3.05) is 6.54 Å². The number of nitrogens with zero attached hydrogens (tertiary/aromatic N) is 1. The molecule has 0 saturated carbocycles. The van der Waals surface area contributed by atoms with Crippen molar-refractivity contribution in [2.45, 2.75) is 83.1 Å². The van der Waals surface area contributed by atoms with E-state index < -0.39 is 66.4 Å². The van der Waals surface area contributed by atoms with Gasteiger partial charge in [0, 0.05) is 13.0 Å². The SMILES string of the molecule is CC(C)CC(NC(=O)C(N)C(C)O)C(=O)NC(CCC(=O)O)C(=O)N1CCCC1C(=O)O. The van der Waals surface area contributed by atoms with Gasteiger partial charge in [0.15, 0.2) is 0 Å². The van der Waals surface area contributed by atoms with Crippen molar-refractivity contribution in [1.29, 1.82) is 0 Å². The van der Waals surface area contributed by atoms with Gasteiger partial charge in [-0.3, -0.25) is 19.2 Å². The molecule has 0 aromatic carbocycles. The number of hydrogen-bond donors (Lipinski definition) is 6. The average Bonchev–Trinajstić information content (AvgIpc) is 3.18. The highest BCUT2D eigenvalue weighted by Crippen LogP contribution is 2.20. The summed E-state index contributed by atoms with van der Waals surface area (Å²) in [6, 6.07) is -4.65. The van der Waals surface area contributed by atoms with Gasteiger partial charge in [-0.25, -0.2) is 4.79 Å². The number of aliphatic hydroxyl groups excluding tert-OH is 1. The number of likely N-dealkylation sites (tertiary alicyclic amines) is 1. The van der Waals surface area contributed by atoms with Gasteiger partial charge in [0.25, 0.3) is 0 Å². The minimum absolute atomic E-state index is 0.0306. The molecule has 1 heterocycles. The maximum Gasteiger partial charge on any atom is 0.326 e. The van der Waals surface area contributed by atoms with Crippen LogP contribution < -0.4 is 16.4 Å². The van der Waals surface area contributed by atoms with Crippen LogP contribution in [0.3, 0.4) is 0 Å². The summed E-state index contributed by atoms with van der Waals surface area (Å²) in [4.78, 5) is 61.8. The molecule has 1 saturated heterocycles. The van der Waals surface area contributed by atoms with Crippen LogP contribution in [0.25, 0.3) is 0 Å². The second kappa shape index (κ2) is 12.3. The quantitative estimate of drug-likeness (QED) is 0.204. The first-order valence-electron chi connectivity index (χ1n) is 10.6. The van der Waals surface area contributed by atoms with Crippen LogP contribution in [0.1, 0.15) is 52.9 Å². The van der Waals surface area contributed by atoms with Crippen LogP contribution in [0, 0.1) is 5.92 Å². The average molecular weight is 459 g/mol. The van der Waals surface area contributed by atoms with Crippen molar-refractivity contribution in [3.63, 3.8) is 0 Å². The number of aliphatic hydroxyl groups is 1. The highest BCUT2D eigenvalue weighted by Gasteiger charge is 2.38. The fraction of sp³-hybridized carbons (Fsp3) is 0.750. The third kappa shape index (κ3) is 8.08. The summed E-state index contributed by atoms with van der Waals surface area (Å²) in [6.07, 6.45) is -0.860. The Bertz CT molecular complexity index is 712. The first kappa shape index (κ1) is 27.3. The summed E-state index contributed by atoms with van der Waals surface area (Å²) in [7, 11) is 0. The predicted molar refractivity (Wildman–Crippen MR) is 112 cm³/mol. The van der Waals surface area contributed by atoms with Gasteiger partial charge in [-0.2, -0.15) is 0 Å². The molecule has 12 heteroatoms. The molecule has 32 heavy (non-hydrogen) atoms. The van der Waals surface area contributed by atoms with E-state index in [9.17, 15) is 34.2 Å². The van der Waals surface area contributed by atoms with Gasteiger partial charge in [-0.1, -0.05) is 13.8 Å². The predicted octanol–water partition coefficient (Wildman–Crippen LogP) is -1.35. The standard InChI is InChI=1S/C20H34N4O8/c1-10(2)9-13(23-18(29)16(21)11(3)25)17(28)22-12(6-7-15(26)27)19(30)24-8-4-5-14(24)20(31)32/h10-14,16,25H,4-9,21H2,1-3H3,(H,22,28)(H,23,29)(H,26,27)(H,31,32). The Morgan fingerprint density at radius 2 is 1.62 bits per heavy atom. The molecule has 1 rings (SSSR count). The van der Waals surface area contributed by atoms with Crippen molar-refractivity contribution < 1.29 is 39.3 Å². The summed E-state index contributed by atoms with van der Waals surface area (Å²) in [5.74, 6) is -4.53. The zero-order valence-electron chi connectivity index (χ0n) is 18.6. The van der Waals surface area contributed by atoms with Crippen LogP contribution in [0.2, 0.25) is 0 Å². The molecule has 5 atom stereocenters. The highest BCUT2D eigenvalue weighted by atomic mass is 16.4. The molecule has 1 aliphatic rings. The third-order valence-electron chi connectivity index (χ3n) is 5.24. The molecule has 0 bridgehead atoms. The first-order chi connectivity index (χ1) is 14.8. The Kier molecular flexibility index (Phi) is 10.5. The molecule has 1 fully saturated rings. The minimum Gasteiger partial charge on any atom is -0.481 e. The van der Waals surface area contributed by atoms with E-state index in [1.807, 2.05) is 13.8 Å². The fourth-order valence-corrected chi connectivity index (χ4v) is 3.47. The number of nitrogens with two attached hydrogens (primary N) is 1. The molecule has 0 aromatic rings. The number of carboxylic acid groups (broad SMARTS) is 2. The monoisotopic (exact) mass is 458 g/mol. The lowest BCUT2D eigenvalue weighted by Crippen LogP contribution is -2.58. The smallest absolute Gasteiger partial charge is 0.326 e. The van der Waals surface area contributed by atoms with Crippen LogP contribution in [-0.4, -0.2) is 86.7 Å². The summed E-state index contributed by atoms with van der Waals surface area (Å²) < 4.78 is 0. The summed E-state index contributed by atoms with van der Waals surface area (Å²) >= 11 is 0. The number of carboxylic acids is 2. The third-order valence-corrected chi connectivity index (χ3v) is 5.24. The van der Waals surface area contributed by atoms with E-state index in [1.54, 1.807) is 0 Å². The van der Waals surface area contributed by atoms with Crippen molar-refractivity contribution in [3.8, 4) is 0 Å². The molecule has 0 radical (unpaired) electrons. The second-order valence-corrected chi connectivity index (χ2v) is 8.48. The van der Waals surface area contributed by atoms with E-state index in [-0.39, 0.29) is 31.7 Å². The molecular weight excluding hydrogens is 424 g/mol. The highest BCUT2D eigenvalue weighted by molar-refractivity contribution is 5.94. The number of rotatable bonds is 12. The number of aliphatic carboxylic acids is 2. The summed E-state index contributed by atoms with van der Waals surface area (Å²) in [5, 5.41) is 32.8. The number of carbonyl (C=O) groups excluding carboxylic acids is 3. The van der Waals surface area contributed by atoms with Crippen molar-refractivity contribution >= 4 is 29.7 Å². The van der Waals surface area contributed by atoms with Gasteiger partial charge in [0.05, 0.1) is 6.10 Å². The molecule has 0 aliphatic carbocycles. The Morgan fingerprint density at radius 3 is 2.12 bits per heavy atom. The summed E-state index contributed by atoms with van der Waals surface area (Å²) in [5.41, 5.74) is 5.62. The van der Waals surface area contributed by atoms with Gasteiger partial charge in [-0.15, -0.1) is 0 Å². The molecule has 7 N–H and O–H groups in total. The van der Waals surface area contributed by atoms with Crippen molar-refractivity contribution in [2.24, 2.45) is 11.7 Å². The van der Waals surface area contributed by atoms with Crippen LogP contribution in [-0.2, 0) is 24.0 Å². The second-order valence-electron chi connectivity index (χ2n) is 8.48. The maximum atomic E-state index is 13.0. The molecule has 0 spiro atoms. The van der Waals surface area contributed by atoms with Gasteiger partial charge in [0.2, 0.25) is 17.7 Å². The van der Waals surface area contributed by atoms with E-state index in [1.165, 1.54) is 6.92 Å².